The fourth-order valence-electron chi connectivity index (χ4n) is 2.04. The van der Waals surface area contributed by atoms with Crippen molar-refractivity contribution in [1.82, 2.24) is 10.9 Å². The summed E-state index contributed by atoms with van der Waals surface area (Å²) < 4.78 is 5.27. The largest absolute Gasteiger partial charge is 0.496 e. The van der Waals surface area contributed by atoms with Gasteiger partial charge in [0.15, 0.2) is 5.11 Å². The van der Waals surface area contributed by atoms with Gasteiger partial charge in [0.25, 0.3) is 5.91 Å². The van der Waals surface area contributed by atoms with Crippen molar-refractivity contribution in [3.05, 3.63) is 64.7 Å². The van der Waals surface area contributed by atoms with Crippen molar-refractivity contribution < 1.29 is 9.53 Å². The molecular weight excluding hydrogens is 358 g/mol. The molecule has 0 unspecified atom stereocenters. The van der Waals surface area contributed by atoms with E-state index >= 15 is 0 Å². The molecule has 2 rings (SSSR count). The minimum Gasteiger partial charge on any atom is -0.496 e. The Morgan fingerprint density at radius 1 is 1.20 bits per heavy atom. The van der Waals surface area contributed by atoms with E-state index in [0.717, 1.165) is 16.8 Å². The van der Waals surface area contributed by atoms with Gasteiger partial charge >= 0.3 is 0 Å². The van der Waals surface area contributed by atoms with Crippen LogP contribution < -0.4 is 20.9 Å². The monoisotopic (exact) mass is 375 g/mol. The van der Waals surface area contributed by atoms with Crippen LogP contribution in [-0.4, -0.2) is 18.1 Å². The molecular formula is C18H18ClN3O2S. The van der Waals surface area contributed by atoms with Crippen molar-refractivity contribution >= 4 is 46.6 Å². The molecule has 0 spiro atoms. The van der Waals surface area contributed by atoms with E-state index in [-0.39, 0.29) is 11.0 Å². The molecule has 0 saturated heterocycles. The molecule has 25 heavy (non-hydrogen) atoms. The van der Waals surface area contributed by atoms with E-state index in [2.05, 4.69) is 16.2 Å². The van der Waals surface area contributed by atoms with Gasteiger partial charge in [-0.15, -0.1) is 0 Å². The van der Waals surface area contributed by atoms with Crippen molar-refractivity contribution in [1.29, 1.82) is 0 Å². The number of ether oxygens (including phenoxy) is 1. The molecule has 2 aromatic carbocycles. The fourth-order valence-corrected chi connectivity index (χ4v) is 2.40. The third kappa shape index (κ3) is 6.10. The Labute approximate surface area is 157 Å². The highest BCUT2D eigenvalue weighted by atomic mass is 35.5. The lowest BCUT2D eigenvalue weighted by molar-refractivity contribution is -0.116. The van der Waals surface area contributed by atoms with Gasteiger partial charge in [0.1, 0.15) is 5.75 Å². The average Bonchev–Trinajstić information content (AvgIpc) is 2.58. The van der Waals surface area contributed by atoms with Crippen LogP contribution in [0, 0.1) is 6.92 Å². The third-order valence-corrected chi connectivity index (χ3v) is 3.62. The lowest BCUT2D eigenvalue weighted by Gasteiger charge is -2.10. The van der Waals surface area contributed by atoms with Gasteiger partial charge in [-0.05, 0) is 55.5 Å². The maximum absolute atomic E-state index is 11.9. The van der Waals surface area contributed by atoms with E-state index in [1.807, 2.05) is 31.2 Å². The number of hydrogen-bond acceptors (Lipinski definition) is 3. The number of rotatable bonds is 4. The number of benzene rings is 2. The number of methoxy groups -OCH3 is 1. The lowest BCUT2D eigenvalue weighted by atomic mass is 10.1. The van der Waals surface area contributed by atoms with Crippen LogP contribution in [0.5, 0.6) is 5.75 Å². The SMILES string of the molecule is COc1ccc(C)cc1/C=C/C(=O)NNC(=S)Nc1cccc(Cl)c1. The van der Waals surface area contributed by atoms with Crippen LogP contribution in [0.3, 0.4) is 0 Å². The van der Waals surface area contributed by atoms with Gasteiger partial charge in [0, 0.05) is 22.3 Å². The van der Waals surface area contributed by atoms with Crippen LogP contribution in [0.15, 0.2) is 48.5 Å². The molecule has 2 aromatic rings. The summed E-state index contributed by atoms with van der Waals surface area (Å²) in [7, 11) is 1.59. The number of thiocarbonyl (C=S) groups is 1. The van der Waals surface area contributed by atoms with E-state index in [4.69, 9.17) is 28.6 Å². The van der Waals surface area contributed by atoms with E-state index < -0.39 is 0 Å². The van der Waals surface area contributed by atoms with Crippen LogP contribution in [0.2, 0.25) is 5.02 Å². The summed E-state index contributed by atoms with van der Waals surface area (Å²) in [5, 5.41) is 3.75. The van der Waals surface area contributed by atoms with Gasteiger partial charge in [0.05, 0.1) is 7.11 Å². The number of carbonyl (C=O) groups excluding carboxylic acids is 1. The number of amides is 1. The number of halogens is 1. The Kier molecular flexibility index (Phi) is 6.80. The lowest BCUT2D eigenvalue weighted by Crippen LogP contribution is -2.43. The molecule has 0 atom stereocenters. The molecule has 0 aliphatic carbocycles. The van der Waals surface area contributed by atoms with Crippen molar-refractivity contribution in [3.8, 4) is 5.75 Å². The second-order valence-electron chi connectivity index (χ2n) is 5.16. The van der Waals surface area contributed by atoms with E-state index in [1.165, 1.54) is 6.08 Å². The molecule has 5 nitrogen and oxygen atoms in total. The number of anilines is 1. The molecule has 0 radical (unpaired) electrons. The van der Waals surface area contributed by atoms with Crippen molar-refractivity contribution in [2.24, 2.45) is 0 Å². The number of nitrogens with one attached hydrogen (secondary N) is 3. The molecule has 0 aromatic heterocycles. The summed E-state index contributed by atoms with van der Waals surface area (Å²) in [6.07, 6.45) is 3.07. The maximum atomic E-state index is 11.9. The van der Waals surface area contributed by atoms with Gasteiger partial charge in [-0.3, -0.25) is 15.6 Å². The Morgan fingerprint density at radius 3 is 2.72 bits per heavy atom. The first-order chi connectivity index (χ1) is 12.0. The van der Waals surface area contributed by atoms with Crippen molar-refractivity contribution in [3.63, 3.8) is 0 Å². The fraction of sp³-hybridized carbons (Fsp3) is 0.111. The van der Waals surface area contributed by atoms with Crippen LogP contribution in [0.25, 0.3) is 6.08 Å². The molecule has 0 aliphatic rings. The van der Waals surface area contributed by atoms with E-state index in [1.54, 1.807) is 31.4 Å². The first kappa shape index (κ1) is 18.8. The highest BCUT2D eigenvalue weighted by Crippen LogP contribution is 2.20. The summed E-state index contributed by atoms with van der Waals surface area (Å²) in [6, 6.07) is 12.8. The van der Waals surface area contributed by atoms with E-state index in [9.17, 15) is 4.79 Å². The standard InChI is InChI=1S/C18H18ClN3O2S/c1-12-6-8-16(24-2)13(10-12)7-9-17(23)21-22-18(25)20-15-5-3-4-14(19)11-15/h3-11H,1-2H3,(H,21,23)(H2,20,22,25)/b9-7+. The number of aryl methyl sites for hydroxylation is 1. The summed E-state index contributed by atoms with van der Waals surface area (Å²) in [5.41, 5.74) is 7.72. The molecule has 130 valence electrons. The Balaban J connectivity index is 1.88. The molecule has 0 aliphatic heterocycles. The topological polar surface area (TPSA) is 62.4 Å². The predicted molar refractivity (Wildman–Crippen MR) is 106 cm³/mol. The minimum absolute atomic E-state index is 0.247. The van der Waals surface area contributed by atoms with Crippen molar-refractivity contribution in [2.75, 3.05) is 12.4 Å². The van der Waals surface area contributed by atoms with Crippen LogP contribution in [-0.2, 0) is 4.79 Å². The summed E-state index contributed by atoms with van der Waals surface area (Å²) in [4.78, 5) is 11.9. The van der Waals surface area contributed by atoms with Crippen LogP contribution in [0.1, 0.15) is 11.1 Å². The summed E-state index contributed by atoms with van der Waals surface area (Å²) in [6.45, 7) is 1.97. The zero-order chi connectivity index (χ0) is 18.2. The highest BCUT2D eigenvalue weighted by Gasteiger charge is 2.02. The molecule has 0 heterocycles. The molecule has 3 N–H and O–H groups in total. The van der Waals surface area contributed by atoms with Gasteiger partial charge in [-0.25, -0.2) is 0 Å². The number of carbonyl (C=O) groups is 1. The first-order valence-electron chi connectivity index (χ1n) is 7.43. The van der Waals surface area contributed by atoms with Crippen molar-refractivity contribution in [2.45, 2.75) is 6.92 Å². The Morgan fingerprint density at radius 2 is 2.00 bits per heavy atom. The summed E-state index contributed by atoms with van der Waals surface area (Å²) >= 11 is 11.0. The normalized spacial score (nSPS) is 10.4. The van der Waals surface area contributed by atoms with Crippen LogP contribution >= 0.6 is 23.8 Å². The van der Waals surface area contributed by atoms with Crippen LogP contribution in [0.4, 0.5) is 5.69 Å². The molecule has 0 bridgehead atoms. The smallest absolute Gasteiger partial charge is 0.262 e. The first-order valence-corrected chi connectivity index (χ1v) is 8.22. The van der Waals surface area contributed by atoms with Gasteiger partial charge in [-0.1, -0.05) is 29.3 Å². The third-order valence-electron chi connectivity index (χ3n) is 3.18. The Bertz CT molecular complexity index is 809. The summed E-state index contributed by atoms with van der Waals surface area (Å²) in [5.74, 6) is 0.347. The zero-order valence-electron chi connectivity index (χ0n) is 13.8. The zero-order valence-corrected chi connectivity index (χ0v) is 15.4. The highest BCUT2D eigenvalue weighted by molar-refractivity contribution is 7.80. The van der Waals surface area contributed by atoms with Gasteiger partial charge < -0.3 is 10.1 Å². The molecule has 0 saturated carbocycles. The van der Waals surface area contributed by atoms with Gasteiger partial charge in [-0.2, -0.15) is 0 Å². The minimum atomic E-state index is -0.348. The van der Waals surface area contributed by atoms with Gasteiger partial charge in [0.2, 0.25) is 0 Å². The Hall–Kier alpha value is -2.57. The second-order valence-corrected chi connectivity index (χ2v) is 6.00. The number of hydrazine groups is 1. The average molecular weight is 376 g/mol. The van der Waals surface area contributed by atoms with E-state index in [0.29, 0.717) is 10.8 Å². The molecule has 7 heteroatoms. The number of hydrogen-bond donors (Lipinski definition) is 3. The molecule has 1 amide bonds. The second kappa shape index (κ2) is 9.05. The quantitative estimate of drug-likeness (QED) is 0.432. The molecule has 0 fully saturated rings. The predicted octanol–water partition coefficient (Wildman–Crippen LogP) is 3.69. The maximum Gasteiger partial charge on any atom is 0.262 e.